The molecule has 0 spiro atoms. The van der Waals surface area contributed by atoms with Gasteiger partial charge in [-0.25, -0.2) is 4.79 Å². The molecule has 1 aliphatic rings. The van der Waals surface area contributed by atoms with Gasteiger partial charge in [-0.3, -0.25) is 0 Å². The van der Waals surface area contributed by atoms with Gasteiger partial charge in [-0.1, -0.05) is 45.6 Å². The van der Waals surface area contributed by atoms with Crippen LogP contribution in [0, 0.1) is 11.8 Å². The third kappa shape index (κ3) is 3.99. The number of rotatable bonds is 5. The number of hydrogen-bond acceptors (Lipinski definition) is 2. The molecular weight excluding hydrogens is 200 g/mol. The van der Waals surface area contributed by atoms with Crippen LogP contribution in [-0.4, -0.2) is 12.6 Å². The van der Waals surface area contributed by atoms with Gasteiger partial charge in [0, 0.05) is 5.57 Å². The van der Waals surface area contributed by atoms with Gasteiger partial charge >= 0.3 is 5.97 Å². The molecule has 0 amide bonds. The minimum Gasteiger partial charge on any atom is -0.462 e. The average Bonchev–Trinajstić information content (AvgIpc) is 2.30. The van der Waals surface area contributed by atoms with Gasteiger partial charge in [0.05, 0.1) is 6.61 Å². The Bertz CT molecular complexity index is 239. The lowest BCUT2D eigenvalue weighted by atomic mass is 9.79. The third-order valence-corrected chi connectivity index (χ3v) is 3.62. The van der Waals surface area contributed by atoms with Crippen molar-refractivity contribution in [2.75, 3.05) is 6.61 Å². The van der Waals surface area contributed by atoms with Crippen molar-refractivity contribution in [3.05, 3.63) is 12.2 Å². The van der Waals surface area contributed by atoms with Gasteiger partial charge in [-0.2, -0.15) is 0 Å². The molecule has 0 aromatic rings. The van der Waals surface area contributed by atoms with Crippen molar-refractivity contribution in [2.24, 2.45) is 11.8 Å². The molecule has 1 aliphatic carbocycles. The molecule has 92 valence electrons. The van der Waals surface area contributed by atoms with Crippen molar-refractivity contribution in [2.45, 2.75) is 52.4 Å². The molecule has 16 heavy (non-hydrogen) atoms. The predicted molar refractivity (Wildman–Crippen MR) is 66.1 cm³/mol. The van der Waals surface area contributed by atoms with E-state index in [0.717, 1.165) is 12.3 Å². The summed E-state index contributed by atoms with van der Waals surface area (Å²) in [6.45, 7) is 8.06. The molecule has 0 heterocycles. The second kappa shape index (κ2) is 6.72. The molecule has 1 fully saturated rings. The number of ether oxygens (including phenoxy) is 1. The zero-order chi connectivity index (χ0) is 12.0. The van der Waals surface area contributed by atoms with Crippen LogP contribution in [0.4, 0.5) is 0 Å². The molecule has 2 heteroatoms. The first-order chi connectivity index (χ1) is 7.65. The lowest BCUT2D eigenvalue weighted by Crippen LogP contribution is -2.23. The maximum absolute atomic E-state index is 11.3. The Kier molecular flexibility index (Phi) is 5.58. The van der Waals surface area contributed by atoms with E-state index in [1.165, 1.54) is 32.1 Å². The minimum atomic E-state index is -0.241. The first-order valence-electron chi connectivity index (χ1n) is 6.47. The Hall–Kier alpha value is -0.790. The fraction of sp³-hybridized carbons (Fsp3) is 0.786. The highest BCUT2D eigenvalue weighted by molar-refractivity contribution is 5.86. The average molecular weight is 224 g/mol. The molecule has 1 saturated carbocycles. The molecule has 2 nitrogen and oxygen atoms in total. The summed E-state index contributed by atoms with van der Waals surface area (Å²) in [6.07, 6.45) is 7.78. The fourth-order valence-corrected chi connectivity index (χ4v) is 2.50. The van der Waals surface area contributed by atoms with Crippen LogP contribution < -0.4 is 0 Å². The minimum absolute atomic E-state index is 0.241. The van der Waals surface area contributed by atoms with E-state index in [2.05, 4.69) is 13.5 Å². The van der Waals surface area contributed by atoms with E-state index in [1.807, 2.05) is 0 Å². The second-order valence-corrected chi connectivity index (χ2v) is 4.95. The van der Waals surface area contributed by atoms with E-state index in [4.69, 9.17) is 4.74 Å². The predicted octanol–water partition coefficient (Wildman–Crippen LogP) is 3.71. The maximum atomic E-state index is 11.3. The molecule has 0 aromatic carbocycles. The van der Waals surface area contributed by atoms with Gasteiger partial charge in [0.2, 0.25) is 0 Å². The van der Waals surface area contributed by atoms with Crippen molar-refractivity contribution in [1.82, 2.24) is 0 Å². The number of carbonyl (C=O) groups is 1. The molecule has 0 aromatic heterocycles. The standard InChI is InChI=1S/C14H24O2/c1-4-12(10-16-14(15)11(2)3)13-8-6-5-7-9-13/h12-13H,2,4-10H2,1,3H3. The molecule has 1 atom stereocenters. The van der Waals surface area contributed by atoms with Crippen molar-refractivity contribution in [3.8, 4) is 0 Å². The maximum Gasteiger partial charge on any atom is 0.333 e. The molecule has 0 saturated heterocycles. The molecule has 1 unspecified atom stereocenters. The highest BCUT2D eigenvalue weighted by atomic mass is 16.5. The summed E-state index contributed by atoms with van der Waals surface area (Å²) in [5.74, 6) is 1.06. The van der Waals surface area contributed by atoms with Gasteiger partial charge in [0.1, 0.15) is 0 Å². The van der Waals surface area contributed by atoms with Gasteiger partial charge in [-0.05, 0) is 25.2 Å². The molecular formula is C14H24O2. The van der Waals surface area contributed by atoms with Crippen LogP contribution in [0.2, 0.25) is 0 Å². The van der Waals surface area contributed by atoms with Crippen LogP contribution in [0.5, 0.6) is 0 Å². The van der Waals surface area contributed by atoms with E-state index < -0.39 is 0 Å². The van der Waals surface area contributed by atoms with Crippen molar-refractivity contribution in [3.63, 3.8) is 0 Å². The Morgan fingerprint density at radius 1 is 1.38 bits per heavy atom. The van der Waals surface area contributed by atoms with Crippen LogP contribution in [0.3, 0.4) is 0 Å². The Balaban J connectivity index is 2.35. The number of hydrogen-bond donors (Lipinski definition) is 0. The highest BCUT2D eigenvalue weighted by Crippen LogP contribution is 2.31. The van der Waals surface area contributed by atoms with Crippen LogP contribution in [0.25, 0.3) is 0 Å². The number of carbonyl (C=O) groups excluding carboxylic acids is 1. The Morgan fingerprint density at radius 2 is 2.00 bits per heavy atom. The summed E-state index contributed by atoms with van der Waals surface area (Å²) >= 11 is 0. The molecule has 0 radical (unpaired) electrons. The normalized spacial score (nSPS) is 19.1. The third-order valence-electron chi connectivity index (χ3n) is 3.62. The van der Waals surface area contributed by atoms with Crippen LogP contribution >= 0.6 is 0 Å². The highest BCUT2D eigenvalue weighted by Gasteiger charge is 2.23. The summed E-state index contributed by atoms with van der Waals surface area (Å²) in [6, 6.07) is 0. The Morgan fingerprint density at radius 3 is 2.50 bits per heavy atom. The smallest absolute Gasteiger partial charge is 0.333 e. The lowest BCUT2D eigenvalue weighted by Gasteiger charge is -2.29. The lowest BCUT2D eigenvalue weighted by molar-refractivity contribution is -0.141. The van der Waals surface area contributed by atoms with Gasteiger partial charge in [0.25, 0.3) is 0 Å². The molecule has 0 bridgehead atoms. The van der Waals surface area contributed by atoms with Crippen molar-refractivity contribution in [1.29, 1.82) is 0 Å². The first-order valence-corrected chi connectivity index (χ1v) is 6.47. The molecule has 1 rings (SSSR count). The van der Waals surface area contributed by atoms with Crippen LogP contribution in [0.1, 0.15) is 52.4 Å². The summed E-state index contributed by atoms with van der Waals surface area (Å²) in [5.41, 5.74) is 0.499. The van der Waals surface area contributed by atoms with E-state index >= 15 is 0 Å². The largest absolute Gasteiger partial charge is 0.462 e. The molecule has 0 N–H and O–H groups in total. The first kappa shape index (κ1) is 13.3. The van der Waals surface area contributed by atoms with E-state index in [9.17, 15) is 4.79 Å². The van der Waals surface area contributed by atoms with E-state index in [1.54, 1.807) is 6.92 Å². The van der Waals surface area contributed by atoms with E-state index in [0.29, 0.717) is 18.1 Å². The van der Waals surface area contributed by atoms with Crippen molar-refractivity contribution >= 4 is 5.97 Å². The van der Waals surface area contributed by atoms with Crippen molar-refractivity contribution < 1.29 is 9.53 Å². The monoisotopic (exact) mass is 224 g/mol. The topological polar surface area (TPSA) is 26.3 Å². The zero-order valence-corrected chi connectivity index (χ0v) is 10.6. The SMILES string of the molecule is C=C(C)C(=O)OCC(CC)C1CCCCC1. The van der Waals surface area contributed by atoms with E-state index in [-0.39, 0.29) is 5.97 Å². The summed E-state index contributed by atoms with van der Waals surface area (Å²) in [4.78, 5) is 11.3. The molecule has 0 aliphatic heterocycles. The zero-order valence-electron chi connectivity index (χ0n) is 10.6. The van der Waals surface area contributed by atoms with Gasteiger partial charge < -0.3 is 4.74 Å². The summed E-state index contributed by atoms with van der Waals surface area (Å²) in [7, 11) is 0. The quantitative estimate of drug-likeness (QED) is 0.525. The van der Waals surface area contributed by atoms with Crippen LogP contribution in [-0.2, 0) is 9.53 Å². The number of esters is 1. The van der Waals surface area contributed by atoms with Gasteiger partial charge in [0.15, 0.2) is 0 Å². The van der Waals surface area contributed by atoms with Crippen LogP contribution in [0.15, 0.2) is 12.2 Å². The summed E-state index contributed by atoms with van der Waals surface area (Å²) < 4.78 is 5.27. The second-order valence-electron chi connectivity index (χ2n) is 4.95. The fourth-order valence-electron chi connectivity index (χ4n) is 2.50. The van der Waals surface area contributed by atoms with Gasteiger partial charge in [-0.15, -0.1) is 0 Å². The summed E-state index contributed by atoms with van der Waals surface area (Å²) in [5, 5.41) is 0. The Labute approximate surface area is 99.1 Å².